The maximum absolute atomic E-state index is 13.7. The smallest absolute Gasteiger partial charge is 0.310 e. The third kappa shape index (κ3) is 8.02. The molecule has 0 atom stereocenters. The zero-order valence-corrected chi connectivity index (χ0v) is 27.6. The van der Waals surface area contributed by atoms with Gasteiger partial charge < -0.3 is 20.6 Å². The molecule has 9 nitrogen and oxygen atoms in total. The SMILES string of the molecule is CC(C)(C)O.CCOC(=O)Cc1c(C)cc2nc(-n3ccnc(-c4ccc(NC)c(C=N)c4)c3=O)sc2c1-c1ccc(Cl)cc1. The predicted octanol–water partition coefficient (Wildman–Crippen LogP) is 7.06. The summed E-state index contributed by atoms with van der Waals surface area (Å²) in [6, 6.07) is 14.8. The lowest BCUT2D eigenvalue weighted by atomic mass is 9.93. The van der Waals surface area contributed by atoms with Gasteiger partial charge in [-0.1, -0.05) is 41.1 Å². The van der Waals surface area contributed by atoms with Gasteiger partial charge in [0, 0.05) is 53.1 Å². The fourth-order valence-electron chi connectivity index (χ4n) is 4.65. The fraction of sp³-hybridized carbons (Fsp3) is 0.265. The van der Waals surface area contributed by atoms with E-state index < -0.39 is 5.60 Å². The van der Waals surface area contributed by atoms with Gasteiger partial charge in [0.15, 0.2) is 5.13 Å². The van der Waals surface area contributed by atoms with Crippen LogP contribution in [0.5, 0.6) is 0 Å². The van der Waals surface area contributed by atoms with E-state index in [1.165, 1.54) is 22.1 Å². The molecule has 0 amide bonds. The Morgan fingerprint density at radius 2 is 1.82 bits per heavy atom. The van der Waals surface area contributed by atoms with Gasteiger partial charge in [0.2, 0.25) is 0 Å². The average Bonchev–Trinajstić information content (AvgIpc) is 3.40. The first-order chi connectivity index (χ1) is 21.3. The van der Waals surface area contributed by atoms with E-state index in [0.29, 0.717) is 33.4 Å². The molecule has 0 spiro atoms. The number of carbonyl (C=O) groups excluding carboxylic acids is 1. The van der Waals surface area contributed by atoms with Crippen LogP contribution in [0.4, 0.5) is 5.69 Å². The molecule has 0 saturated carbocycles. The second-order valence-corrected chi connectivity index (χ2v) is 12.6. The molecule has 5 aromatic rings. The minimum atomic E-state index is -0.500. The van der Waals surface area contributed by atoms with E-state index in [9.17, 15) is 9.59 Å². The number of halogens is 1. The third-order valence-electron chi connectivity index (χ3n) is 6.56. The molecular weight excluding hydrogens is 610 g/mol. The van der Waals surface area contributed by atoms with Gasteiger partial charge in [0.1, 0.15) is 5.69 Å². The molecule has 0 bridgehead atoms. The van der Waals surface area contributed by atoms with Gasteiger partial charge >= 0.3 is 5.97 Å². The number of aromatic nitrogens is 3. The van der Waals surface area contributed by atoms with E-state index in [1.807, 2.05) is 43.3 Å². The molecule has 0 radical (unpaired) electrons. The highest BCUT2D eigenvalue weighted by Gasteiger charge is 2.21. The Morgan fingerprint density at radius 1 is 1.16 bits per heavy atom. The number of esters is 1. The Morgan fingerprint density at radius 3 is 2.44 bits per heavy atom. The van der Waals surface area contributed by atoms with E-state index >= 15 is 0 Å². The molecule has 234 valence electrons. The number of thiazole rings is 1. The van der Waals surface area contributed by atoms with Gasteiger partial charge in [0.25, 0.3) is 5.56 Å². The standard InChI is InChI=1S/C30H26ClN5O3S.C4H10O/c1-4-39-25(37)15-22-17(2)13-24-28(26(22)18-5-8-21(31)9-6-18)40-30(35-24)36-12-11-34-27(29(36)38)19-7-10-23(33-3)20(14-19)16-32;1-4(2,3)5/h5-14,16,32-33H,4,15H2,1-3H3;5H,1-3H3. The lowest BCUT2D eigenvalue weighted by Gasteiger charge is -2.14. The van der Waals surface area contributed by atoms with Crippen LogP contribution in [0.1, 0.15) is 44.4 Å². The lowest BCUT2D eigenvalue weighted by molar-refractivity contribution is -0.142. The number of benzene rings is 3. The molecule has 0 unspecified atom stereocenters. The molecule has 2 heterocycles. The zero-order chi connectivity index (χ0) is 32.9. The van der Waals surface area contributed by atoms with Crippen molar-refractivity contribution >= 4 is 51.0 Å². The number of nitrogens with one attached hydrogen (secondary N) is 2. The summed E-state index contributed by atoms with van der Waals surface area (Å²) in [7, 11) is 1.78. The molecule has 0 aliphatic heterocycles. The van der Waals surface area contributed by atoms with Crippen LogP contribution in [0.3, 0.4) is 0 Å². The Labute approximate surface area is 271 Å². The summed E-state index contributed by atoms with van der Waals surface area (Å²) in [6.07, 6.45) is 4.50. The van der Waals surface area contributed by atoms with Crippen molar-refractivity contribution in [3.05, 3.63) is 93.0 Å². The topological polar surface area (TPSA) is 130 Å². The second-order valence-electron chi connectivity index (χ2n) is 11.2. The summed E-state index contributed by atoms with van der Waals surface area (Å²) in [5.74, 6) is -0.312. The number of aryl methyl sites for hydroxylation is 1. The monoisotopic (exact) mass is 645 g/mol. The molecule has 11 heteroatoms. The van der Waals surface area contributed by atoms with E-state index in [2.05, 4.69) is 10.3 Å². The van der Waals surface area contributed by atoms with Crippen molar-refractivity contribution in [3.63, 3.8) is 0 Å². The number of rotatable bonds is 8. The van der Waals surface area contributed by atoms with E-state index in [1.54, 1.807) is 59.3 Å². The number of nitrogens with zero attached hydrogens (tertiary/aromatic N) is 3. The summed E-state index contributed by atoms with van der Waals surface area (Å²) in [5.41, 5.74) is 5.67. The maximum atomic E-state index is 13.7. The summed E-state index contributed by atoms with van der Waals surface area (Å²) >= 11 is 7.54. The first-order valence-electron chi connectivity index (χ1n) is 14.3. The number of anilines is 1. The predicted molar refractivity (Wildman–Crippen MR) is 183 cm³/mol. The van der Waals surface area contributed by atoms with Crippen molar-refractivity contribution in [1.29, 1.82) is 5.41 Å². The minimum absolute atomic E-state index is 0.109. The number of hydrogen-bond acceptors (Lipinski definition) is 9. The molecule has 5 rings (SSSR count). The quantitative estimate of drug-likeness (QED) is 0.122. The largest absolute Gasteiger partial charge is 0.466 e. The molecule has 0 saturated heterocycles. The molecule has 3 aromatic carbocycles. The number of hydrogen-bond donors (Lipinski definition) is 3. The summed E-state index contributed by atoms with van der Waals surface area (Å²) in [6.45, 7) is 9.25. The summed E-state index contributed by atoms with van der Waals surface area (Å²) < 4.78 is 7.58. The highest BCUT2D eigenvalue weighted by Crippen LogP contribution is 2.39. The van der Waals surface area contributed by atoms with Crippen molar-refractivity contribution in [3.8, 4) is 27.5 Å². The zero-order valence-electron chi connectivity index (χ0n) is 26.1. The molecule has 0 aliphatic rings. The molecule has 2 aromatic heterocycles. The van der Waals surface area contributed by atoms with Crippen molar-refractivity contribution in [2.45, 2.75) is 46.6 Å². The normalized spacial score (nSPS) is 11.1. The number of aliphatic hydroxyl groups is 1. The first-order valence-corrected chi connectivity index (χ1v) is 15.5. The van der Waals surface area contributed by atoms with E-state index in [-0.39, 0.29) is 23.6 Å². The van der Waals surface area contributed by atoms with Crippen LogP contribution < -0.4 is 10.9 Å². The highest BCUT2D eigenvalue weighted by atomic mass is 35.5. The summed E-state index contributed by atoms with van der Waals surface area (Å²) in [5, 5.41) is 20.4. The Bertz CT molecular complexity index is 1900. The third-order valence-corrected chi connectivity index (χ3v) is 7.90. The van der Waals surface area contributed by atoms with Crippen molar-refractivity contribution in [2.75, 3.05) is 19.0 Å². The molecule has 45 heavy (non-hydrogen) atoms. The van der Waals surface area contributed by atoms with Gasteiger partial charge in [-0.3, -0.25) is 14.2 Å². The lowest BCUT2D eigenvalue weighted by Crippen LogP contribution is -2.20. The Kier molecular flexibility index (Phi) is 10.5. The molecule has 0 fully saturated rings. The van der Waals surface area contributed by atoms with Crippen LogP contribution in [0, 0.1) is 12.3 Å². The van der Waals surface area contributed by atoms with E-state index in [4.69, 9.17) is 31.8 Å². The van der Waals surface area contributed by atoms with Crippen molar-refractivity contribution < 1.29 is 14.6 Å². The molecular formula is C34H36ClN5O4S. The van der Waals surface area contributed by atoms with Crippen LogP contribution in [-0.4, -0.2) is 51.1 Å². The van der Waals surface area contributed by atoms with Gasteiger partial charge in [-0.25, -0.2) is 9.97 Å². The Hall–Kier alpha value is -4.38. The van der Waals surface area contributed by atoms with Crippen LogP contribution >= 0.6 is 22.9 Å². The minimum Gasteiger partial charge on any atom is -0.466 e. The van der Waals surface area contributed by atoms with Crippen molar-refractivity contribution in [1.82, 2.24) is 14.5 Å². The van der Waals surface area contributed by atoms with Crippen LogP contribution in [0.25, 0.3) is 37.7 Å². The molecule has 0 aliphatic carbocycles. The molecule has 3 N–H and O–H groups in total. The summed E-state index contributed by atoms with van der Waals surface area (Å²) in [4.78, 5) is 35.4. The fourth-order valence-corrected chi connectivity index (χ4v) is 5.90. The van der Waals surface area contributed by atoms with Gasteiger partial charge in [-0.05, 0) is 81.6 Å². The number of carbonyl (C=O) groups is 1. The average molecular weight is 646 g/mol. The van der Waals surface area contributed by atoms with Gasteiger partial charge in [0.05, 0.1) is 28.8 Å². The van der Waals surface area contributed by atoms with Crippen molar-refractivity contribution in [2.24, 2.45) is 0 Å². The second kappa shape index (κ2) is 14.2. The van der Waals surface area contributed by atoms with Crippen LogP contribution in [-0.2, 0) is 16.0 Å². The maximum Gasteiger partial charge on any atom is 0.310 e. The van der Waals surface area contributed by atoms with Crippen LogP contribution in [0.15, 0.2) is 65.7 Å². The van der Waals surface area contributed by atoms with Crippen LogP contribution in [0.2, 0.25) is 5.02 Å². The van der Waals surface area contributed by atoms with E-state index in [0.717, 1.165) is 32.6 Å². The number of ether oxygens (including phenoxy) is 1. The Balaban J connectivity index is 0.000000854. The van der Waals surface area contributed by atoms with Gasteiger partial charge in [-0.15, -0.1) is 0 Å². The highest BCUT2D eigenvalue weighted by molar-refractivity contribution is 7.21. The van der Waals surface area contributed by atoms with Gasteiger partial charge in [-0.2, -0.15) is 0 Å². The first kappa shape index (κ1) is 33.5. The number of fused-ring (bicyclic) bond motifs is 1.